The molecule has 0 aliphatic heterocycles. The Morgan fingerprint density at radius 3 is 1.68 bits per heavy atom. The normalized spacial score (nSPS) is 12.4. The average Bonchev–Trinajstić information content (AvgIpc) is 2.79. The van der Waals surface area contributed by atoms with Crippen molar-refractivity contribution in [3.63, 3.8) is 0 Å². The fourth-order valence-corrected chi connectivity index (χ4v) is 6.02. The zero-order valence-corrected chi connectivity index (χ0v) is 22.5. The Morgan fingerprint density at radius 1 is 0.824 bits per heavy atom. The molecule has 0 amide bonds. The molecule has 8 N–H and O–H groups in total. The van der Waals surface area contributed by atoms with Crippen molar-refractivity contribution in [3.8, 4) is 0 Å². The first kappa shape index (κ1) is 33.6. The molecule has 0 saturated heterocycles. The third-order valence-electron chi connectivity index (χ3n) is 5.21. The first-order chi connectivity index (χ1) is 15.9. The van der Waals surface area contributed by atoms with Gasteiger partial charge in [-0.15, -0.1) is 0 Å². The molecule has 1 aromatic rings. The van der Waals surface area contributed by atoms with E-state index in [1.54, 1.807) is 18.2 Å². The summed E-state index contributed by atoms with van der Waals surface area (Å²) < 4.78 is 55.3. The monoisotopic (exact) mass is 545 g/mol. The maximum atomic E-state index is 12.1. The predicted octanol–water partition coefficient (Wildman–Crippen LogP) is 1.31. The SMILES string of the molecule is CCCCCCCCCCCCc1ccccc1S(=O)(=O)[O][Ti]([OH])([OH])[OH].NC(CO)(CO)CO. The minimum atomic E-state index is -5.65. The van der Waals surface area contributed by atoms with Crippen LogP contribution in [0.25, 0.3) is 0 Å². The number of aliphatic hydroxyl groups is 3. The number of unbranched alkanes of at least 4 members (excludes halogenated alkanes) is 9. The van der Waals surface area contributed by atoms with Crippen molar-refractivity contribution in [3.05, 3.63) is 29.8 Å². The number of hydrogen-bond acceptors (Lipinski definition) is 10. The minimum Gasteiger partial charge on any atom is -0.394 e. The number of rotatable bonds is 17. The molecular formula is C22H43NO9STi. The second kappa shape index (κ2) is 17.9. The smallest absolute Gasteiger partial charge is 0.0856 e. The van der Waals surface area contributed by atoms with E-state index in [4.69, 9.17) is 32.1 Å². The first-order valence-corrected chi connectivity index (χ1v) is 15.9. The third kappa shape index (κ3) is 15.5. The maximum Gasteiger partial charge on any atom is 0.0856 e. The van der Waals surface area contributed by atoms with Crippen molar-refractivity contribution in [1.82, 2.24) is 0 Å². The largest absolute Gasteiger partial charge is 0.394 e. The number of aliphatic hydroxyl groups excluding tert-OH is 3. The van der Waals surface area contributed by atoms with Crippen molar-refractivity contribution in [1.29, 1.82) is 0 Å². The van der Waals surface area contributed by atoms with Gasteiger partial charge in [-0.2, -0.15) is 0 Å². The first-order valence-electron chi connectivity index (χ1n) is 11.8. The van der Waals surface area contributed by atoms with E-state index in [9.17, 15) is 8.42 Å². The van der Waals surface area contributed by atoms with Gasteiger partial charge in [0.25, 0.3) is 0 Å². The molecule has 0 bridgehead atoms. The number of hydrogen-bond donors (Lipinski definition) is 7. The summed E-state index contributed by atoms with van der Waals surface area (Å²) >= 11 is -5.65. The molecule has 0 aliphatic carbocycles. The van der Waals surface area contributed by atoms with Crippen LogP contribution in [-0.2, 0) is 37.4 Å². The van der Waals surface area contributed by atoms with Crippen molar-refractivity contribution in [2.24, 2.45) is 5.73 Å². The summed E-state index contributed by atoms with van der Waals surface area (Å²) in [5.74, 6) is 0. The summed E-state index contributed by atoms with van der Waals surface area (Å²) in [6, 6.07) is 6.31. The Bertz CT molecular complexity index is 745. The zero-order valence-electron chi connectivity index (χ0n) is 20.1. The Kier molecular flexibility index (Phi) is 17.7. The van der Waals surface area contributed by atoms with E-state index in [0.29, 0.717) is 12.0 Å². The van der Waals surface area contributed by atoms with Crippen LogP contribution in [0.1, 0.15) is 76.7 Å². The van der Waals surface area contributed by atoms with E-state index in [1.807, 2.05) is 0 Å². The fraction of sp³-hybridized carbons (Fsp3) is 0.727. The van der Waals surface area contributed by atoms with Crippen molar-refractivity contribution in [2.75, 3.05) is 19.8 Å². The Morgan fingerprint density at radius 2 is 1.26 bits per heavy atom. The van der Waals surface area contributed by atoms with Crippen molar-refractivity contribution < 1.29 is 55.7 Å². The Labute approximate surface area is 208 Å². The van der Waals surface area contributed by atoms with Crippen LogP contribution in [-0.4, -0.2) is 60.2 Å². The molecule has 0 aliphatic rings. The minimum absolute atomic E-state index is 0.108. The van der Waals surface area contributed by atoms with Gasteiger partial charge in [0, 0.05) is 0 Å². The van der Waals surface area contributed by atoms with Crippen LogP contribution in [0, 0.1) is 0 Å². The molecule has 0 atom stereocenters. The number of benzene rings is 1. The van der Waals surface area contributed by atoms with Crippen LogP contribution in [0.5, 0.6) is 0 Å². The van der Waals surface area contributed by atoms with Crippen LogP contribution in [0.3, 0.4) is 0 Å². The van der Waals surface area contributed by atoms with Gasteiger partial charge in [-0.3, -0.25) is 0 Å². The molecule has 0 fully saturated rings. The molecule has 0 unspecified atom stereocenters. The van der Waals surface area contributed by atoms with Gasteiger partial charge in [-0.05, 0) is 0 Å². The van der Waals surface area contributed by atoms with Crippen molar-refractivity contribution in [2.45, 2.75) is 88.0 Å². The molecule has 0 spiro atoms. The van der Waals surface area contributed by atoms with Crippen LogP contribution in [0.15, 0.2) is 29.2 Å². The topological polar surface area (TPSA) is 191 Å². The van der Waals surface area contributed by atoms with Crippen LogP contribution >= 0.6 is 0 Å². The van der Waals surface area contributed by atoms with Gasteiger partial charge in [0.15, 0.2) is 0 Å². The Hall–Kier alpha value is -0.436. The Balaban J connectivity index is 0.00000116. The van der Waals surface area contributed by atoms with E-state index in [0.717, 1.165) is 19.3 Å². The van der Waals surface area contributed by atoms with E-state index in [2.05, 4.69) is 9.69 Å². The standard InChI is InChI=1S/C18H30O3S.C4H11NO3.3H2O.Ti/c1-2-3-4-5-6-7-8-9-10-11-14-17-15-12-13-16-18(17)22(19,20)21;5-4(1-6,2-7)3-8;;;;/h12-13,15-16H,2-11,14H2,1H3,(H,19,20,21);6-8H,1-3,5H2;3*1H2;/q;;;;;+4/p-4. The van der Waals surface area contributed by atoms with Gasteiger partial charge in [-0.25, -0.2) is 0 Å². The average molecular weight is 546 g/mol. The van der Waals surface area contributed by atoms with Gasteiger partial charge >= 0.3 is 137 Å². The van der Waals surface area contributed by atoms with Gasteiger partial charge in [0.05, 0.1) is 25.4 Å². The van der Waals surface area contributed by atoms with Gasteiger partial charge in [0.2, 0.25) is 0 Å². The third-order valence-corrected chi connectivity index (χ3v) is 8.66. The van der Waals surface area contributed by atoms with Gasteiger partial charge in [0.1, 0.15) is 0 Å². The number of aryl methyl sites for hydroxylation is 1. The fourth-order valence-electron chi connectivity index (χ4n) is 3.10. The van der Waals surface area contributed by atoms with Gasteiger partial charge in [-0.1, -0.05) is 26.2 Å². The number of nitrogens with two attached hydrogens (primary N) is 1. The molecule has 0 radical (unpaired) electrons. The summed E-state index contributed by atoms with van der Waals surface area (Å²) in [6.45, 7) is 1.01. The van der Waals surface area contributed by atoms with E-state index in [-0.39, 0.29) is 4.90 Å². The maximum absolute atomic E-state index is 12.1. The summed E-state index contributed by atoms with van der Waals surface area (Å²) in [4.78, 5) is -0.108. The quantitative estimate of drug-likeness (QED) is 0.111. The van der Waals surface area contributed by atoms with Crippen molar-refractivity contribution >= 4 is 10.1 Å². The van der Waals surface area contributed by atoms with Gasteiger partial charge < -0.3 is 21.1 Å². The predicted molar refractivity (Wildman–Crippen MR) is 125 cm³/mol. The van der Waals surface area contributed by atoms with Crippen LogP contribution in [0.2, 0.25) is 0 Å². The summed E-state index contributed by atoms with van der Waals surface area (Å²) in [6.07, 6.45) is 12.5. The molecule has 34 heavy (non-hydrogen) atoms. The molecule has 12 heteroatoms. The van der Waals surface area contributed by atoms with Crippen LogP contribution < -0.4 is 5.73 Å². The summed E-state index contributed by atoms with van der Waals surface area (Å²) in [5.41, 5.74) is 4.51. The van der Waals surface area contributed by atoms with E-state index < -0.39 is 53.6 Å². The second-order valence-electron chi connectivity index (χ2n) is 8.49. The molecule has 1 rings (SSSR count). The molecule has 0 saturated carbocycles. The molecule has 10 nitrogen and oxygen atoms in total. The van der Waals surface area contributed by atoms with E-state index in [1.165, 1.54) is 51.0 Å². The molecule has 0 aromatic heterocycles. The van der Waals surface area contributed by atoms with Crippen LogP contribution in [0.4, 0.5) is 0 Å². The molecule has 200 valence electrons. The summed E-state index contributed by atoms with van der Waals surface area (Å²) in [7, 11) is -4.38. The molecule has 1 aromatic carbocycles. The second-order valence-corrected chi connectivity index (χ2v) is 12.6. The van der Waals surface area contributed by atoms with E-state index >= 15 is 0 Å². The zero-order chi connectivity index (χ0) is 26.1. The molecule has 0 heterocycles. The summed E-state index contributed by atoms with van der Waals surface area (Å²) in [5, 5.41) is 25.0. The molecular weight excluding hydrogens is 502 g/mol.